The highest BCUT2D eigenvalue weighted by Crippen LogP contribution is 2.29. The summed E-state index contributed by atoms with van der Waals surface area (Å²) in [7, 11) is 1.65. The van der Waals surface area contributed by atoms with Gasteiger partial charge in [0, 0.05) is 16.6 Å². The topological polar surface area (TPSA) is 27.7 Å². The molecule has 1 fully saturated rings. The number of benzene rings is 1. The Hall–Kier alpha value is -0.490. The fourth-order valence-electron chi connectivity index (χ4n) is 1.36. The van der Waals surface area contributed by atoms with Crippen LogP contribution >= 0.6 is 22.6 Å². The summed E-state index contributed by atoms with van der Waals surface area (Å²) < 4.78 is 17.3. The monoisotopic (exact) mass is 320 g/mol. The van der Waals surface area contributed by atoms with E-state index in [0.29, 0.717) is 6.61 Å². The van der Waals surface area contributed by atoms with Crippen molar-refractivity contribution in [1.82, 2.24) is 0 Å². The van der Waals surface area contributed by atoms with Crippen LogP contribution in [0, 0.1) is 3.57 Å². The van der Waals surface area contributed by atoms with Gasteiger partial charge in [-0.1, -0.05) is 0 Å². The fourth-order valence-corrected chi connectivity index (χ4v) is 1.82. The van der Waals surface area contributed by atoms with E-state index in [1.807, 2.05) is 18.2 Å². The molecule has 1 aromatic rings. The summed E-state index contributed by atoms with van der Waals surface area (Å²) in [6.45, 7) is 1.47. The molecule has 15 heavy (non-hydrogen) atoms. The molecular formula is C11H13IO3. The third-order valence-electron chi connectivity index (χ3n) is 2.34. The molecule has 1 aliphatic rings. The molecule has 0 aliphatic carbocycles. The maximum Gasteiger partial charge on any atom is 0.161 e. The lowest BCUT2D eigenvalue weighted by Gasteiger charge is -2.26. The Morgan fingerprint density at radius 3 is 2.87 bits per heavy atom. The number of hydrogen-bond donors (Lipinski definition) is 0. The van der Waals surface area contributed by atoms with Crippen LogP contribution in [0.3, 0.4) is 0 Å². The van der Waals surface area contributed by atoms with E-state index < -0.39 is 0 Å². The number of hydrogen-bond acceptors (Lipinski definition) is 3. The van der Waals surface area contributed by atoms with Gasteiger partial charge in [-0.15, -0.1) is 0 Å². The first-order valence-corrected chi connectivity index (χ1v) is 5.95. The predicted molar refractivity (Wildman–Crippen MR) is 65.6 cm³/mol. The van der Waals surface area contributed by atoms with E-state index in [2.05, 4.69) is 22.6 Å². The molecule has 0 spiro atoms. The Kier molecular flexibility index (Phi) is 3.69. The molecule has 1 aromatic carbocycles. The van der Waals surface area contributed by atoms with Crippen LogP contribution in [0.25, 0.3) is 0 Å². The minimum Gasteiger partial charge on any atom is -0.493 e. The van der Waals surface area contributed by atoms with Gasteiger partial charge in [-0.25, -0.2) is 0 Å². The standard InChI is InChI=1S/C11H13IO3/c1-13-11-6-8(12)2-3-10(11)15-7-9-4-5-14-9/h2-3,6,9H,4-5,7H2,1H3. The summed E-state index contributed by atoms with van der Waals surface area (Å²) in [6, 6.07) is 5.89. The van der Waals surface area contributed by atoms with Crippen molar-refractivity contribution in [3.05, 3.63) is 21.8 Å². The summed E-state index contributed by atoms with van der Waals surface area (Å²) in [4.78, 5) is 0. The van der Waals surface area contributed by atoms with Crippen LogP contribution < -0.4 is 9.47 Å². The number of halogens is 1. The molecular weight excluding hydrogens is 307 g/mol. The lowest BCUT2D eigenvalue weighted by Crippen LogP contribution is -2.32. The van der Waals surface area contributed by atoms with E-state index >= 15 is 0 Å². The Morgan fingerprint density at radius 2 is 2.27 bits per heavy atom. The first-order valence-electron chi connectivity index (χ1n) is 4.87. The molecule has 4 heteroatoms. The fraction of sp³-hybridized carbons (Fsp3) is 0.455. The minimum absolute atomic E-state index is 0.258. The zero-order valence-electron chi connectivity index (χ0n) is 8.53. The van der Waals surface area contributed by atoms with Crippen LogP contribution in [0.1, 0.15) is 6.42 Å². The van der Waals surface area contributed by atoms with Crippen LogP contribution in [0.2, 0.25) is 0 Å². The van der Waals surface area contributed by atoms with Crippen molar-refractivity contribution in [2.45, 2.75) is 12.5 Å². The minimum atomic E-state index is 0.258. The molecule has 0 amide bonds. The van der Waals surface area contributed by atoms with Gasteiger partial charge in [0.15, 0.2) is 11.5 Å². The molecule has 1 saturated heterocycles. The maximum absolute atomic E-state index is 5.63. The van der Waals surface area contributed by atoms with Gasteiger partial charge in [-0.2, -0.15) is 0 Å². The zero-order chi connectivity index (χ0) is 10.7. The summed E-state index contributed by atoms with van der Waals surface area (Å²) in [5, 5.41) is 0. The van der Waals surface area contributed by atoms with Crippen molar-refractivity contribution in [2.75, 3.05) is 20.3 Å². The molecule has 3 nitrogen and oxygen atoms in total. The maximum atomic E-state index is 5.63. The van der Waals surface area contributed by atoms with E-state index in [-0.39, 0.29) is 6.10 Å². The number of methoxy groups -OCH3 is 1. The van der Waals surface area contributed by atoms with Gasteiger partial charge in [0.05, 0.1) is 13.2 Å². The van der Waals surface area contributed by atoms with Crippen LogP contribution in [-0.2, 0) is 4.74 Å². The quantitative estimate of drug-likeness (QED) is 0.798. The van der Waals surface area contributed by atoms with Gasteiger partial charge >= 0.3 is 0 Å². The number of rotatable bonds is 4. The molecule has 0 saturated carbocycles. The molecule has 2 rings (SSSR count). The van der Waals surface area contributed by atoms with E-state index in [1.165, 1.54) is 0 Å². The van der Waals surface area contributed by atoms with Crippen molar-refractivity contribution < 1.29 is 14.2 Å². The average Bonchev–Trinajstić information content (AvgIpc) is 2.17. The highest BCUT2D eigenvalue weighted by molar-refractivity contribution is 14.1. The molecule has 1 atom stereocenters. The van der Waals surface area contributed by atoms with Gasteiger partial charge in [0.25, 0.3) is 0 Å². The molecule has 0 radical (unpaired) electrons. The second kappa shape index (κ2) is 5.03. The largest absolute Gasteiger partial charge is 0.493 e. The second-order valence-corrected chi connectivity index (χ2v) is 4.63. The zero-order valence-corrected chi connectivity index (χ0v) is 10.7. The summed E-state index contributed by atoms with van der Waals surface area (Å²) in [5.74, 6) is 1.56. The van der Waals surface area contributed by atoms with Crippen molar-refractivity contribution in [1.29, 1.82) is 0 Å². The smallest absolute Gasteiger partial charge is 0.161 e. The second-order valence-electron chi connectivity index (χ2n) is 3.39. The summed E-state index contributed by atoms with van der Waals surface area (Å²) in [5.41, 5.74) is 0. The van der Waals surface area contributed by atoms with Crippen LogP contribution in [0.5, 0.6) is 11.5 Å². The van der Waals surface area contributed by atoms with E-state index in [4.69, 9.17) is 14.2 Å². The first-order chi connectivity index (χ1) is 7.29. The Balaban J connectivity index is 1.99. The SMILES string of the molecule is COc1cc(I)ccc1OCC1CCO1. The third kappa shape index (κ3) is 2.75. The van der Waals surface area contributed by atoms with Crippen molar-refractivity contribution in [2.24, 2.45) is 0 Å². The lowest BCUT2D eigenvalue weighted by molar-refractivity contribution is -0.0723. The van der Waals surface area contributed by atoms with Gasteiger partial charge in [0.2, 0.25) is 0 Å². The normalized spacial score (nSPS) is 19.5. The number of ether oxygens (including phenoxy) is 3. The molecule has 82 valence electrons. The molecule has 1 unspecified atom stereocenters. The van der Waals surface area contributed by atoms with Gasteiger partial charge < -0.3 is 14.2 Å². The highest BCUT2D eigenvalue weighted by atomic mass is 127. The summed E-state index contributed by atoms with van der Waals surface area (Å²) in [6.07, 6.45) is 1.35. The molecule has 0 N–H and O–H groups in total. The predicted octanol–water partition coefficient (Wildman–Crippen LogP) is 2.47. The van der Waals surface area contributed by atoms with Gasteiger partial charge in [-0.3, -0.25) is 0 Å². The Labute approximate surface area is 103 Å². The Morgan fingerprint density at radius 1 is 1.47 bits per heavy atom. The van der Waals surface area contributed by atoms with E-state index in [0.717, 1.165) is 28.1 Å². The first kappa shape index (κ1) is 11.0. The van der Waals surface area contributed by atoms with Gasteiger partial charge in [0.1, 0.15) is 6.61 Å². The molecule has 0 aromatic heterocycles. The average molecular weight is 320 g/mol. The van der Waals surface area contributed by atoms with Crippen molar-refractivity contribution in [3.8, 4) is 11.5 Å². The van der Waals surface area contributed by atoms with Crippen molar-refractivity contribution >= 4 is 22.6 Å². The van der Waals surface area contributed by atoms with Crippen LogP contribution in [0.15, 0.2) is 18.2 Å². The molecule has 1 heterocycles. The lowest BCUT2D eigenvalue weighted by atomic mass is 10.2. The summed E-state index contributed by atoms with van der Waals surface area (Å²) >= 11 is 2.25. The van der Waals surface area contributed by atoms with Crippen LogP contribution in [-0.4, -0.2) is 26.4 Å². The Bertz CT molecular complexity index is 337. The van der Waals surface area contributed by atoms with Gasteiger partial charge in [-0.05, 0) is 40.8 Å². The molecule has 0 bridgehead atoms. The van der Waals surface area contributed by atoms with E-state index in [9.17, 15) is 0 Å². The molecule has 1 aliphatic heterocycles. The van der Waals surface area contributed by atoms with E-state index in [1.54, 1.807) is 7.11 Å². The highest BCUT2D eigenvalue weighted by Gasteiger charge is 2.19. The van der Waals surface area contributed by atoms with Crippen LogP contribution in [0.4, 0.5) is 0 Å². The third-order valence-corrected chi connectivity index (χ3v) is 3.01. The van der Waals surface area contributed by atoms with Crippen molar-refractivity contribution in [3.63, 3.8) is 0 Å².